The zero-order valence-corrected chi connectivity index (χ0v) is 20.2. The lowest BCUT2D eigenvalue weighted by molar-refractivity contribution is -0.384. The highest BCUT2D eigenvalue weighted by atomic mass is 32.1. The predicted octanol–water partition coefficient (Wildman–Crippen LogP) is 4.34. The average Bonchev–Trinajstić information content (AvgIpc) is 3.17. The van der Waals surface area contributed by atoms with Gasteiger partial charge in [-0.05, 0) is 55.0 Å². The zero-order chi connectivity index (χ0) is 25.5. The first kappa shape index (κ1) is 25.3. The van der Waals surface area contributed by atoms with Crippen LogP contribution in [0.2, 0.25) is 0 Å². The van der Waals surface area contributed by atoms with Crippen molar-refractivity contribution in [2.45, 2.75) is 13.8 Å². The molecule has 1 heterocycles. The number of carbonyl (C=O) groups excluding carboxylic acids is 3. The van der Waals surface area contributed by atoms with Crippen molar-refractivity contribution in [3.63, 3.8) is 0 Å². The lowest BCUT2D eigenvalue weighted by Crippen LogP contribution is -2.34. The number of allylic oxidation sites excluding steroid dienone is 1. The number of hydrogen-bond acceptors (Lipinski definition) is 8. The third-order valence-electron chi connectivity index (χ3n) is 4.47. The van der Waals surface area contributed by atoms with Crippen molar-refractivity contribution in [2.75, 3.05) is 10.6 Å². The number of nitro benzene ring substituents is 1. The van der Waals surface area contributed by atoms with E-state index < -0.39 is 10.8 Å². The van der Waals surface area contributed by atoms with E-state index in [4.69, 9.17) is 12.2 Å². The molecule has 0 fully saturated rings. The number of anilines is 2. The van der Waals surface area contributed by atoms with Crippen molar-refractivity contribution < 1.29 is 19.3 Å². The summed E-state index contributed by atoms with van der Waals surface area (Å²) in [5.74, 6) is -0.965. The highest BCUT2D eigenvalue weighted by Gasteiger charge is 2.16. The minimum atomic E-state index is -0.559. The van der Waals surface area contributed by atoms with E-state index in [-0.39, 0.29) is 28.1 Å². The van der Waals surface area contributed by atoms with Crippen LogP contribution in [0.15, 0.2) is 54.6 Å². The molecule has 2 amide bonds. The Bertz CT molecular complexity index is 1330. The zero-order valence-electron chi connectivity index (χ0n) is 18.5. The molecule has 0 saturated carbocycles. The Morgan fingerprint density at radius 3 is 2.31 bits per heavy atom. The molecule has 0 saturated heterocycles. The van der Waals surface area contributed by atoms with Gasteiger partial charge in [-0.2, -0.15) is 0 Å². The van der Waals surface area contributed by atoms with Crippen LogP contribution in [-0.2, 0) is 4.79 Å². The molecule has 0 spiro atoms. The molecule has 0 bridgehead atoms. The Labute approximate surface area is 209 Å². The molecule has 12 heteroatoms. The number of rotatable bonds is 7. The molecule has 0 radical (unpaired) electrons. The molecule has 2 aromatic carbocycles. The van der Waals surface area contributed by atoms with Crippen molar-refractivity contribution in [2.24, 2.45) is 0 Å². The van der Waals surface area contributed by atoms with Gasteiger partial charge in [-0.15, -0.1) is 0 Å². The Kier molecular flexibility index (Phi) is 8.12. The van der Waals surface area contributed by atoms with Gasteiger partial charge in [0.15, 0.2) is 16.0 Å². The van der Waals surface area contributed by atoms with Crippen LogP contribution in [0.5, 0.6) is 0 Å². The second-order valence-electron chi connectivity index (χ2n) is 7.15. The van der Waals surface area contributed by atoms with Gasteiger partial charge in [-0.3, -0.25) is 29.8 Å². The molecule has 3 N–H and O–H groups in total. The van der Waals surface area contributed by atoms with Gasteiger partial charge in [-0.25, -0.2) is 4.98 Å². The molecule has 0 aliphatic carbocycles. The number of hydrogen-bond donors (Lipinski definition) is 3. The number of carbonyl (C=O) groups is 3. The molecule has 1 aromatic heterocycles. The van der Waals surface area contributed by atoms with Gasteiger partial charge in [0.2, 0.25) is 5.91 Å². The third-order valence-corrected chi connectivity index (χ3v) is 5.76. The molecule has 0 unspecified atom stereocenters. The largest absolute Gasteiger partial charge is 0.326 e. The fourth-order valence-electron chi connectivity index (χ4n) is 2.85. The average molecular weight is 510 g/mol. The maximum Gasteiger partial charge on any atom is 0.269 e. The van der Waals surface area contributed by atoms with Gasteiger partial charge < -0.3 is 10.6 Å². The summed E-state index contributed by atoms with van der Waals surface area (Å²) >= 11 is 6.22. The van der Waals surface area contributed by atoms with E-state index in [0.717, 1.165) is 16.9 Å². The van der Waals surface area contributed by atoms with Gasteiger partial charge in [0.1, 0.15) is 0 Å². The summed E-state index contributed by atoms with van der Waals surface area (Å²) < 4.78 is 0. The van der Waals surface area contributed by atoms with Crippen LogP contribution in [0, 0.1) is 17.0 Å². The fourth-order valence-corrected chi connectivity index (χ4v) is 3.99. The monoisotopic (exact) mass is 509 g/mol. The first-order valence-corrected chi connectivity index (χ1v) is 11.3. The van der Waals surface area contributed by atoms with Gasteiger partial charge in [0.05, 0.1) is 15.5 Å². The van der Waals surface area contributed by atoms with E-state index >= 15 is 0 Å². The Morgan fingerprint density at radius 1 is 1.06 bits per heavy atom. The summed E-state index contributed by atoms with van der Waals surface area (Å²) in [4.78, 5) is 50.9. The maximum atomic E-state index is 12.6. The van der Waals surface area contributed by atoms with Crippen molar-refractivity contribution in [3.8, 4) is 0 Å². The number of benzene rings is 2. The van der Waals surface area contributed by atoms with Gasteiger partial charge in [-0.1, -0.05) is 29.5 Å². The Balaban J connectivity index is 1.60. The summed E-state index contributed by atoms with van der Waals surface area (Å²) in [5, 5.41) is 18.9. The van der Waals surface area contributed by atoms with Crippen LogP contribution in [-0.4, -0.2) is 32.6 Å². The van der Waals surface area contributed by atoms with E-state index in [1.54, 1.807) is 37.3 Å². The predicted molar refractivity (Wildman–Crippen MR) is 138 cm³/mol. The van der Waals surface area contributed by atoms with Crippen molar-refractivity contribution >= 4 is 68.8 Å². The molecule has 3 rings (SSSR count). The highest BCUT2D eigenvalue weighted by Crippen LogP contribution is 2.24. The highest BCUT2D eigenvalue weighted by molar-refractivity contribution is 7.80. The van der Waals surface area contributed by atoms with E-state index in [1.165, 1.54) is 37.3 Å². The summed E-state index contributed by atoms with van der Waals surface area (Å²) in [6.45, 7) is 3.11. The lowest BCUT2D eigenvalue weighted by Gasteiger charge is -2.07. The van der Waals surface area contributed by atoms with Crippen LogP contribution in [0.25, 0.3) is 6.08 Å². The standard InChI is InChI=1S/C23H19N5O5S2/c1-13-20(19(30)12-5-15-3-8-17(9-4-15)25-14(2)29)35-23(24-13)27-22(34)26-21(31)16-6-10-18(11-7-16)28(32)33/h3-12H,1-2H3,(H,25,29)(H2,24,26,27,31,34)/b12-5+. The summed E-state index contributed by atoms with van der Waals surface area (Å²) in [7, 11) is 0. The van der Waals surface area contributed by atoms with E-state index in [0.29, 0.717) is 21.4 Å². The van der Waals surface area contributed by atoms with Crippen LogP contribution >= 0.6 is 23.6 Å². The number of thiazole rings is 1. The molecule has 0 aliphatic heterocycles. The second kappa shape index (κ2) is 11.2. The van der Waals surface area contributed by atoms with Crippen LogP contribution in [0.1, 0.15) is 38.2 Å². The number of aromatic nitrogens is 1. The Morgan fingerprint density at radius 2 is 1.71 bits per heavy atom. The summed E-state index contributed by atoms with van der Waals surface area (Å²) in [5.41, 5.74) is 2.00. The summed E-state index contributed by atoms with van der Waals surface area (Å²) in [6, 6.07) is 12.1. The van der Waals surface area contributed by atoms with Gasteiger partial charge >= 0.3 is 0 Å². The van der Waals surface area contributed by atoms with Crippen LogP contribution < -0.4 is 16.0 Å². The van der Waals surface area contributed by atoms with Gasteiger partial charge in [0, 0.05) is 30.3 Å². The van der Waals surface area contributed by atoms with Crippen molar-refractivity contribution in [1.82, 2.24) is 10.3 Å². The molecule has 0 atom stereocenters. The number of nitro groups is 1. The molecular weight excluding hydrogens is 490 g/mol. The quantitative estimate of drug-likeness (QED) is 0.140. The van der Waals surface area contributed by atoms with E-state index in [9.17, 15) is 24.5 Å². The smallest absolute Gasteiger partial charge is 0.269 e. The lowest BCUT2D eigenvalue weighted by atomic mass is 10.1. The van der Waals surface area contributed by atoms with Crippen molar-refractivity contribution in [3.05, 3.63) is 86.4 Å². The van der Waals surface area contributed by atoms with Crippen molar-refractivity contribution in [1.29, 1.82) is 0 Å². The number of non-ortho nitro benzene ring substituents is 1. The minimum Gasteiger partial charge on any atom is -0.326 e. The minimum absolute atomic E-state index is 0.0316. The number of amides is 2. The maximum absolute atomic E-state index is 12.6. The topological polar surface area (TPSA) is 143 Å². The number of thiocarbonyl (C=S) groups is 1. The second-order valence-corrected chi connectivity index (χ2v) is 8.55. The molecular formula is C23H19N5O5S2. The molecule has 0 aliphatic rings. The number of nitrogens with one attached hydrogen (secondary N) is 3. The van der Waals surface area contributed by atoms with Crippen LogP contribution in [0.3, 0.4) is 0 Å². The number of aryl methyl sites for hydroxylation is 1. The molecule has 10 nitrogen and oxygen atoms in total. The first-order valence-electron chi connectivity index (χ1n) is 10.1. The summed E-state index contributed by atoms with van der Waals surface area (Å²) in [6.07, 6.45) is 3.08. The van der Waals surface area contributed by atoms with Crippen LogP contribution in [0.4, 0.5) is 16.5 Å². The molecule has 35 heavy (non-hydrogen) atoms. The number of ketones is 1. The third kappa shape index (κ3) is 7.09. The SMILES string of the molecule is CC(=O)Nc1ccc(/C=C/C(=O)c2sc(NC(=S)NC(=O)c3ccc([N+](=O)[O-])cc3)nc2C)cc1. The fraction of sp³-hybridized carbons (Fsp3) is 0.0870. The van der Waals surface area contributed by atoms with E-state index in [2.05, 4.69) is 20.9 Å². The molecule has 3 aromatic rings. The first-order chi connectivity index (χ1) is 16.6. The van der Waals surface area contributed by atoms with E-state index in [1.807, 2.05) is 0 Å². The number of nitrogens with zero attached hydrogens (tertiary/aromatic N) is 2. The normalized spacial score (nSPS) is 10.6. The van der Waals surface area contributed by atoms with Gasteiger partial charge in [0.25, 0.3) is 11.6 Å². The molecule has 178 valence electrons. The Hall–Kier alpha value is -4.29.